The zero-order chi connectivity index (χ0) is 18.7. The minimum Gasteiger partial charge on any atom is -0.453 e. The molecule has 1 saturated carbocycles. The fourth-order valence-electron chi connectivity index (χ4n) is 4.06. The second kappa shape index (κ2) is 7.51. The number of rotatable bonds is 4. The molecule has 2 heterocycles. The van der Waals surface area contributed by atoms with E-state index in [-0.39, 0.29) is 30.8 Å². The van der Waals surface area contributed by atoms with Crippen LogP contribution in [0.5, 0.6) is 0 Å². The largest absolute Gasteiger partial charge is 0.453 e. The fraction of sp³-hybridized carbons (Fsp3) is 0.765. The number of amides is 5. The maximum atomic E-state index is 12.7. The van der Waals surface area contributed by atoms with Crippen LogP contribution >= 0.6 is 0 Å². The summed E-state index contributed by atoms with van der Waals surface area (Å²) in [6.45, 7) is 1.02. The number of methoxy groups -OCH3 is 1. The van der Waals surface area contributed by atoms with Crippen molar-refractivity contribution in [3.63, 3.8) is 0 Å². The molecular formula is C17H26N4O5. The summed E-state index contributed by atoms with van der Waals surface area (Å²) in [5.74, 6) is -0.431. The molecule has 26 heavy (non-hydrogen) atoms. The molecule has 3 aliphatic rings. The van der Waals surface area contributed by atoms with E-state index in [1.54, 1.807) is 0 Å². The molecule has 0 aromatic carbocycles. The van der Waals surface area contributed by atoms with Crippen molar-refractivity contribution in [2.45, 2.75) is 56.5 Å². The van der Waals surface area contributed by atoms with Crippen molar-refractivity contribution < 1.29 is 23.9 Å². The van der Waals surface area contributed by atoms with Gasteiger partial charge in [-0.05, 0) is 19.3 Å². The van der Waals surface area contributed by atoms with Gasteiger partial charge in [0.15, 0.2) is 0 Å². The second-order valence-corrected chi connectivity index (χ2v) is 7.25. The van der Waals surface area contributed by atoms with E-state index in [1.165, 1.54) is 16.9 Å². The molecule has 0 unspecified atom stereocenters. The predicted octanol–water partition coefficient (Wildman–Crippen LogP) is 0.588. The van der Waals surface area contributed by atoms with Gasteiger partial charge in [0, 0.05) is 32.1 Å². The highest BCUT2D eigenvalue weighted by atomic mass is 16.5. The molecule has 0 aromatic rings. The first-order chi connectivity index (χ1) is 12.4. The molecule has 1 spiro atoms. The molecule has 1 atom stereocenters. The molecule has 3 rings (SSSR count). The minimum atomic E-state index is -0.752. The predicted molar refractivity (Wildman–Crippen MR) is 91.2 cm³/mol. The third-order valence-electron chi connectivity index (χ3n) is 5.50. The van der Waals surface area contributed by atoms with E-state index in [9.17, 15) is 19.2 Å². The summed E-state index contributed by atoms with van der Waals surface area (Å²) < 4.78 is 4.67. The van der Waals surface area contributed by atoms with Crippen molar-refractivity contribution in [3.05, 3.63) is 0 Å². The van der Waals surface area contributed by atoms with Gasteiger partial charge in [-0.25, -0.2) is 9.59 Å². The number of imide groups is 1. The van der Waals surface area contributed by atoms with Crippen LogP contribution in [0.2, 0.25) is 0 Å². The summed E-state index contributed by atoms with van der Waals surface area (Å²) in [4.78, 5) is 51.2. The average Bonchev–Trinajstić information content (AvgIpc) is 3.17. The normalized spacial score (nSPS) is 24.7. The number of urea groups is 1. The summed E-state index contributed by atoms with van der Waals surface area (Å²) in [5.41, 5.74) is -0.752. The van der Waals surface area contributed by atoms with E-state index in [0.717, 1.165) is 19.3 Å². The van der Waals surface area contributed by atoms with E-state index in [2.05, 4.69) is 15.4 Å². The Morgan fingerprint density at radius 3 is 2.69 bits per heavy atom. The Balaban J connectivity index is 1.47. The number of likely N-dealkylation sites (tertiary alicyclic amines) is 1. The Labute approximate surface area is 152 Å². The number of carbonyl (C=O) groups excluding carboxylic acids is 4. The van der Waals surface area contributed by atoms with Gasteiger partial charge in [0.25, 0.3) is 5.91 Å². The van der Waals surface area contributed by atoms with Crippen LogP contribution in [0.4, 0.5) is 9.59 Å². The summed E-state index contributed by atoms with van der Waals surface area (Å²) in [5, 5.41) is 5.69. The Bertz CT molecular complexity index is 602. The highest BCUT2D eigenvalue weighted by Crippen LogP contribution is 2.33. The summed E-state index contributed by atoms with van der Waals surface area (Å²) in [6, 6.07) is -0.531. The van der Waals surface area contributed by atoms with Crippen LogP contribution in [-0.2, 0) is 14.3 Å². The first-order valence-electron chi connectivity index (χ1n) is 9.21. The van der Waals surface area contributed by atoms with Gasteiger partial charge in [0.1, 0.15) is 5.54 Å². The fourth-order valence-corrected chi connectivity index (χ4v) is 4.06. The monoisotopic (exact) mass is 366 g/mol. The lowest BCUT2D eigenvalue weighted by Gasteiger charge is -2.30. The highest BCUT2D eigenvalue weighted by molar-refractivity contribution is 6.07. The molecule has 0 aromatic heterocycles. The van der Waals surface area contributed by atoms with Crippen LogP contribution in [0.15, 0.2) is 0 Å². The van der Waals surface area contributed by atoms with E-state index in [4.69, 9.17) is 0 Å². The smallest absolute Gasteiger partial charge is 0.409 e. The molecule has 5 amide bonds. The van der Waals surface area contributed by atoms with Crippen LogP contribution in [-0.4, -0.2) is 72.1 Å². The molecule has 0 bridgehead atoms. The molecule has 2 saturated heterocycles. The van der Waals surface area contributed by atoms with Gasteiger partial charge in [-0.15, -0.1) is 0 Å². The van der Waals surface area contributed by atoms with Gasteiger partial charge in [0.2, 0.25) is 5.91 Å². The Hall–Kier alpha value is -2.32. The van der Waals surface area contributed by atoms with E-state index in [0.29, 0.717) is 32.4 Å². The van der Waals surface area contributed by atoms with E-state index in [1.807, 2.05) is 0 Å². The lowest BCUT2D eigenvalue weighted by Crippen LogP contribution is -2.48. The molecule has 9 nitrogen and oxygen atoms in total. The SMILES string of the molecule is COC(=O)N1CC[C@@H](NC(=O)CCN2C(=O)NC3(CCCCC3)C2=O)C1. The van der Waals surface area contributed by atoms with Crippen molar-refractivity contribution in [3.8, 4) is 0 Å². The molecule has 144 valence electrons. The molecule has 3 fully saturated rings. The lowest BCUT2D eigenvalue weighted by molar-refractivity contribution is -0.132. The number of ether oxygens (including phenoxy) is 1. The van der Waals surface area contributed by atoms with Crippen molar-refractivity contribution in [1.82, 2.24) is 20.4 Å². The van der Waals surface area contributed by atoms with E-state index >= 15 is 0 Å². The maximum Gasteiger partial charge on any atom is 0.409 e. The first kappa shape index (κ1) is 18.5. The summed E-state index contributed by atoms with van der Waals surface area (Å²) in [6.07, 6.45) is 4.60. The molecule has 0 radical (unpaired) electrons. The van der Waals surface area contributed by atoms with Gasteiger partial charge in [-0.2, -0.15) is 0 Å². The van der Waals surface area contributed by atoms with Crippen LogP contribution in [0.1, 0.15) is 44.9 Å². The highest BCUT2D eigenvalue weighted by Gasteiger charge is 2.51. The molecule has 1 aliphatic carbocycles. The van der Waals surface area contributed by atoms with Crippen molar-refractivity contribution in [2.75, 3.05) is 26.7 Å². The van der Waals surface area contributed by atoms with Crippen molar-refractivity contribution in [2.24, 2.45) is 0 Å². The van der Waals surface area contributed by atoms with Crippen LogP contribution < -0.4 is 10.6 Å². The van der Waals surface area contributed by atoms with Crippen molar-refractivity contribution in [1.29, 1.82) is 0 Å². The third-order valence-corrected chi connectivity index (χ3v) is 5.50. The first-order valence-corrected chi connectivity index (χ1v) is 9.21. The molecule has 9 heteroatoms. The Morgan fingerprint density at radius 2 is 2.00 bits per heavy atom. The van der Waals surface area contributed by atoms with Crippen LogP contribution in [0.3, 0.4) is 0 Å². The maximum absolute atomic E-state index is 12.7. The van der Waals surface area contributed by atoms with Gasteiger partial charge >= 0.3 is 12.1 Å². The average molecular weight is 366 g/mol. The standard InChI is InChI=1S/C17H26N4O5/c1-26-16(25)20-9-5-12(11-20)18-13(22)6-10-21-14(23)17(19-15(21)24)7-3-2-4-8-17/h12H,2-11H2,1H3,(H,18,22)(H,19,24)/t12-/m1/s1. The summed E-state index contributed by atoms with van der Waals surface area (Å²) in [7, 11) is 1.32. The number of nitrogens with zero attached hydrogens (tertiary/aromatic N) is 2. The summed E-state index contributed by atoms with van der Waals surface area (Å²) >= 11 is 0. The number of hydrogen-bond acceptors (Lipinski definition) is 5. The topological polar surface area (TPSA) is 108 Å². The second-order valence-electron chi connectivity index (χ2n) is 7.25. The third kappa shape index (κ3) is 3.61. The van der Waals surface area contributed by atoms with Crippen molar-refractivity contribution >= 4 is 23.9 Å². The minimum absolute atomic E-state index is 0.0595. The zero-order valence-electron chi connectivity index (χ0n) is 15.1. The molecular weight excluding hydrogens is 340 g/mol. The lowest BCUT2D eigenvalue weighted by atomic mass is 9.82. The van der Waals surface area contributed by atoms with E-state index < -0.39 is 17.7 Å². The quantitative estimate of drug-likeness (QED) is 0.708. The van der Waals surface area contributed by atoms with Gasteiger partial charge in [0.05, 0.1) is 7.11 Å². The van der Waals surface area contributed by atoms with Gasteiger partial charge < -0.3 is 20.3 Å². The number of hydrogen-bond donors (Lipinski definition) is 2. The zero-order valence-corrected chi connectivity index (χ0v) is 15.1. The number of carbonyl (C=O) groups is 4. The van der Waals surface area contributed by atoms with Crippen LogP contribution in [0.25, 0.3) is 0 Å². The Morgan fingerprint density at radius 1 is 1.27 bits per heavy atom. The number of nitrogens with one attached hydrogen (secondary N) is 2. The van der Waals surface area contributed by atoms with Crippen LogP contribution in [0, 0.1) is 0 Å². The molecule has 2 N–H and O–H groups in total. The van der Waals surface area contributed by atoms with Gasteiger partial charge in [-0.1, -0.05) is 19.3 Å². The van der Waals surface area contributed by atoms with Gasteiger partial charge in [-0.3, -0.25) is 14.5 Å². The Kier molecular flexibility index (Phi) is 5.33. The molecule has 2 aliphatic heterocycles.